The van der Waals surface area contributed by atoms with E-state index in [-0.39, 0.29) is 0 Å². The largest absolute Gasteiger partial charge is 0.497 e. The van der Waals surface area contributed by atoms with Gasteiger partial charge in [0, 0.05) is 38.3 Å². The molecule has 2 heterocycles. The van der Waals surface area contributed by atoms with Crippen molar-refractivity contribution in [2.45, 2.75) is 32.2 Å². The minimum absolute atomic E-state index is 0.396. The van der Waals surface area contributed by atoms with Crippen molar-refractivity contribution in [1.82, 2.24) is 14.2 Å². The molecule has 0 N–H and O–H groups in total. The van der Waals surface area contributed by atoms with Crippen LogP contribution >= 0.6 is 0 Å². The van der Waals surface area contributed by atoms with Crippen LogP contribution in [-0.2, 0) is 16.6 Å². The fourth-order valence-electron chi connectivity index (χ4n) is 4.00. The molecule has 3 aromatic rings. The van der Waals surface area contributed by atoms with Gasteiger partial charge in [0.15, 0.2) is 0 Å². The number of sulfonamides is 1. The van der Waals surface area contributed by atoms with Crippen LogP contribution in [0.15, 0.2) is 51.8 Å². The van der Waals surface area contributed by atoms with Gasteiger partial charge in [-0.25, -0.2) is 13.4 Å². The Hall–Kier alpha value is -2.68. The van der Waals surface area contributed by atoms with Crippen molar-refractivity contribution in [1.29, 1.82) is 0 Å². The van der Waals surface area contributed by atoms with Gasteiger partial charge in [-0.3, -0.25) is 4.90 Å². The molecule has 8 heteroatoms. The zero-order chi connectivity index (χ0) is 22.9. The first-order valence-electron chi connectivity index (χ1n) is 10.7. The Labute approximate surface area is 189 Å². The second-order valence-corrected chi connectivity index (χ2v) is 10.1. The average molecular weight is 456 g/mol. The standard InChI is InChI=1S/C24H29N3O4S/c1-17-5-10-23(18(2)15-17)32(28,29)27-13-11-26(12-14-27)16-22-19(3)31-24(25-22)20-6-8-21(30-4)9-7-20/h5-10,15H,11-14,16H2,1-4H3. The van der Waals surface area contributed by atoms with E-state index in [2.05, 4.69) is 9.88 Å². The van der Waals surface area contributed by atoms with Crippen LogP contribution < -0.4 is 4.74 Å². The molecular weight excluding hydrogens is 426 g/mol. The highest BCUT2D eigenvalue weighted by atomic mass is 32.2. The van der Waals surface area contributed by atoms with Crippen molar-refractivity contribution < 1.29 is 17.6 Å². The third-order valence-electron chi connectivity index (χ3n) is 5.88. The molecule has 2 aromatic carbocycles. The number of aryl methyl sites for hydroxylation is 3. The molecule has 1 aromatic heterocycles. The summed E-state index contributed by atoms with van der Waals surface area (Å²) in [5, 5.41) is 0. The lowest BCUT2D eigenvalue weighted by Crippen LogP contribution is -2.48. The van der Waals surface area contributed by atoms with Crippen LogP contribution in [0.5, 0.6) is 5.75 Å². The van der Waals surface area contributed by atoms with Crippen molar-refractivity contribution in [3.8, 4) is 17.2 Å². The molecule has 7 nitrogen and oxygen atoms in total. The van der Waals surface area contributed by atoms with Crippen LogP contribution in [0.4, 0.5) is 0 Å². The summed E-state index contributed by atoms with van der Waals surface area (Å²) in [5.74, 6) is 2.14. The number of oxazole rings is 1. The summed E-state index contributed by atoms with van der Waals surface area (Å²) in [7, 11) is -1.86. The molecule has 0 radical (unpaired) electrons. The van der Waals surface area contributed by atoms with E-state index < -0.39 is 10.0 Å². The lowest BCUT2D eigenvalue weighted by atomic mass is 10.2. The summed E-state index contributed by atoms with van der Waals surface area (Å²) in [4.78, 5) is 7.30. The zero-order valence-electron chi connectivity index (χ0n) is 19.0. The first-order chi connectivity index (χ1) is 15.3. The van der Waals surface area contributed by atoms with E-state index in [0.29, 0.717) is 43.5 Å². The second-order valence-electron chi connectivity index (χ2n) is 8.20. The summed E-state index contributed by atoms with van der Waals surface area (Å²) >= 11 is 0. The summed E-state index contributed by atoms with van der Waals surface area (Å²) in [6.07, 6.45) is 0. The van der Waals surface area contributed by atoms with Crippen LogP contribution in [0.25, 0.3) is 11.5 Å². The number of aromatic nitrogens is 1. The summed E-state index contributed by atoms with van der Waals surface area (Å²) < 4.78 is 38.9. The Kier molecular flexibility index (Phi) is 6.37. The molecule has 1 aliphatic heterocycles. The van der Waals surface area contributed by atoms with Crippen LogP contribution in [0.3, 0.4) is 0 Å². The summed E-state index contributed by atoms with van der Waals surface area (Å²) in [6.45, 7) is 8.57. The highest BCUT2D eigenvalue weighted by Crippen LogP contribution is 2.26. The minimum atomic E-state index is -3.49. The highest BCUT2D eigenvalue weighted by molar-refractivity contribution is 7.89. The van der Waals surface area contributed by atoms with Crippen molar-refractivity contribution in [3.05, 3.63) is 65.0 Å². The third-order valence-corrected chi connectivity index (χ3v) is 7.94. The van der Waals surface area contributed by atoms with E-state index in [0.717, 1.165) is 33.9 Å². The third kappa shape index (κ3) is 4.57. The maximum absolute atomic E-state index is 13.1. The number of nitrogens with zero attached hydrogens (tertiary/aromatic N) is 3. The maximum Gasteiger partial charge on any atom is 0.243 e. The van der Waals surface area contributed by atoms with Crippen LogP contribution in [-0.4, -0.2) is 55.9 Å². The predicted octanol–water partition coefficient (Wildman–Crippen LogP) is 3.78. The molecule has 32 heavy (non-hydrogen) atoms. The fourth-order valence-corrected chi connectivity index (χ4v) is 5.63. The van der Waals surface area contributed by atoms with Gasteiger partial charge in [0.2, 0.25) is 15.9 Å². The van der Waals surface area contributed by atoms with Gasteiger partial charge in [0.1, 0.15) is 11.5 Å². The molecule has 0 saturated carbocycles. The number of methoxy groups -OCH3 is 1. The van der Waals surface area contributed by atoms with Crippen molar-refractivity contribution in [2.24, 2.45) is 0 Å². The molecule has 4 rings (SSSR count). The maximum atomic E-state index is 13.1. The number of piperazine rings is 1. The van der Waals surface area contributed by atoms with Crippen LogP contribution in [0, 0.1) is 20.8 Å². The molecule has 1 aliphatic rings. The monoisotopic (exact) mass is 455 g/mol. The molecule has 0 amide bonds. The fraction of sp³-hybridized carbons (Fsp3) is 0.375. The second kappa shape index (κ2) is 9.05. The zero-order valence-corrected chi connectivity index (χ0v) is 19.8. The minimum Gasteiger partial charge on any atom is -0.497 e. The molecule has 170 valence electrons. The van der Waals surface area contributed by atoms with E-state index in [1.807, 2.05) is 57.2 Å². The predicted molar refractivity (Wildman–Crippen MR) is 123 cm³/mol. The van der Waals surface area contributed by atoms with Crippen molar-refractivity contribution in [3.63, 3.8) is 0 Å². The van der Waals surface area contributed by atoms with Gasteiger partial charge in [-0.2, -0.15) is 4.31 Å². The van der Waals surface area contributed by atoms with Gasteiger partial charge in [0.25, 0.3) is 0 Å². The molecule has 0 aliphatic carbocycles. The van der Waals surface area contributed by atoms with Gasteiger partial charge in [-0.05, 0) is 56.7 Å². The molecule has 0 bridgehead atoms. The smallest absolute Gasteiger partial charge is 0.243 e. The Bertz CT molecular complexity index is 1190. The van der Waals surface area contributed by atoms with E-state index in [9.17, 15) is 8.42 Å². The Morgan fingerprint density at radius 2 is 1.69 bits per heavy atom. The van der Waals surface area contributed by atoms with Gasteiger partial charge in [-0.1, -0.05) is 17.7 Å². The topological polar surface area (TPSA) is 75.9 Å². The van der Waals surface area contributed by atoms with Crippen molar-refractivity contribution >= 4 is 10.0 Å². The van der Waals surface area contributed by atoms with Gasteiger partial charge in [0.05, 0.1) is 17.7 Å². The number of hydrogen-bond donors (Lipinski definition) is 0. The number of rotatable bonds is 6. The Morgan fingerprint density at radius 1 is 1.00 bits per heavy atom. The van der Waals surface area contributed by atoms with Crippen molar-refractivity contribution in [2.75, 3.05) is 33.3 Å². The van der Waals surface area contributed by atoms with E-state index in [1.54, 1.807) is 17.5 Å². The highest BCUT2D eigenvalue weighted by Gasteiger charge is 2.30. The van der Waals surface area contributed by atoms with Gasteiger partial charge in [-0.15, -0.1) is 0 Å². The molecule has 0 atom stereocenters. The first kappa shape index (κ1) is 22.5. The molecule has 1 fully saturated rings. The van der Waals surface area contributed by atoms with E-state index in [1.165, 1.54) is 0 Å². The molecular formula is C24H29N3O4S. The average Bonchev–Trinajstić information content (AvgIpc) is 3.14. The van der Waals surface area contributed by atoms with Gasteiger partial charge < -0.3 is 9.15 Å². The van der Waals surface area contributed by atoms with E-state index >= 15 is 0 Å². The quantitative estimate of drug-likeness (QED) is 0.563. The summed E-state index contributed by atoms with van der Waals surface area (Å²) in [6, 6.07) is 13.1. The number of ether oxygens (including phenoxy) is 1. The first-order valence-corrected chi connectivity index (χ1v) is 12.1. The van der Waals surface area contributed by atoms with E-state index in [4.69, 9.17) is 9.15 Å². The lowest BCUT2D eigenvalue weighted by molar-refractivity contribution is 0.179. The van der Waals surface area contributed by atoms with Crippen LogP contribution in [0.2, 0.25) is 0 Å². The number of benzene rings is 2. The number of hydrogen-bond acceptors (Lipinski definition) is 6. The normalized spacial score (nSPS) is 15.8. The summed E-state index contributed by atoms with van der Waals surface area (Å²) in [5.41, 5.74) is 3.62. The lowest BCUT2D eigenvalue weighted by Gasteiger charge is -2.33. The SMILES string of the molecule is COc1ccc(-c2nc(CN3CCN(S(=O)(=O)c4ccc(C)cc4C)CC3)c(C)o2)cc1. The Balaban J connectivity index is 1.41. The molecule has 1 saturated heterocycles. The molecule has 0 spiro atoms. The molecule has 0 unspecified atom stereocenters. The Morgan fingerprint density at radius 3 is 2.31 bits per heavy atom. The van der Waals surface area contributed by atoms with Crippen LogP contribution in [0.1, 0.15) is 22.6 Å². The van der Waals surface area contributed by atoms with Gasteiger partial charge >= 0.3 is 0 Å².